The molecule has 0 saturated carbocycles. The molecule has 4 aromatic rings. The normalized spacial score (nSPS) is 11.1. The molecule has 0 saturated heterocycles. The number of rotatable bonds is 2. The highest BCUT2D eigenvalue weighted by atomic mass is 35.5. The molecule has 0 unspecified atom stereocenters. The molecule has 0 bridgehead atoms. The van der Waals surface area contributed by atoms with E-state index in [1.807, 2.05) is 43.3 Å². The van der Waals surface area contributed by atoms with Crippen molar-refractivity contribution in [3.8, 4) is 0 Å². The van der Waals surface area contributed by atoms with Crippen molar-refractivity contribution in [2.45, 2.75) is 6.92 Å². The van der Waals surface area contributed by atoms with Crippen molar-refractivity contribution in [2.75, 3.05) is 11.1 Å². The maximum Gasteiger partial charge on any atom is 0.267 e. The number of para-hydroxylation sites is 2. The van der Waals surface area contributed by atoms with Gasteiger partial charge in [0.05, 0.1) is 21.9 Å². The smallest absolute Gasteiger partial charge is 0.267 e. The van der Waals surface area contributed by atoms with E-state index in [4.69, 9.17) is 22.3 Å². The van der Waals surface area contributed by atoms with Crippen LogP contribution in [0.15, 0.2) is 48.5 Å². The summed E-state index contributed by atoms with van der Waals surface area (Å²) >= 11 is 7.40. The number of thiophene rings is 1. The molecule has 4 rings (SSSR count). The zero-order valence-electron chi connectivity index (χ0n) is 13.3. The summed E-state index contributed by atoms with van der Waals surface area (Å²) in [7, 11) is 0. The van der Waals surface area contributed by atoms with Gasteiger partial charge in [0.1, 0.15) is 9.71 Å². The first-order chi connectivity index (χ1) is 12.0. The summed E-state index contributed by atoms with van der Waals surface area (Å²) in [5, 5.41) is 5.10. The van der Waals surface area contributed by atoms with Crippen LogP contribution in [0.25, 0.3) is 21.1 Å². The number of pyridine rings is 1. The Balaban J connectivity index is 1.81. The van der Waals surface area contributed by atoms with Crippen LogP contribution in [0.1, 0.15) is 15.2 Å². The maximum atomic E-state index is 12.6. The van der Waals surface area contributed by atoms with Gasteiger partial charge >= 0.3 is 0 Å². The van der Waals surface area contributed by atoms with Gasteiger partial charge in [0.15, 0.2) is 0 Å². The van der Waals surface area contributed by atoms with Crippen LogP contribution in [0.5, 0.6) is 0 Å². The largest absolute Gasteiger partial charge is 0.397 e. The van der Waals surface area contributed by atoms with Crippen molar-refractivity contribution in [2.24, 2.45) is 0 Å². The standard InChI is InChI=1S/C19H14ClN3OS/c1-10-5-4-6-11-9-12-15(21)17(25-19(12)23-16(10)11)18(24)22-14-8-3-2-7-13(14)20/h2-9H,21H2,1H3,(H,22,24). The highest BCUT2D eigenvalue weighted by molar-refractivity contribution is 7.21. The lowest BCUT2D eigenvalue weighted by Gasteiger charge is -2.06. The van der Waals surface area contributed by atoms with Gasteiger partial charge in [0.2, 0.25) is 0 Å². The summed E-state index contributed by atoms with van der Waals surface area (Å²) in [5.41, 5.74) is 9.25. The molecule has 1 amide bonds. The van der Waals surface area contributed by atoms with Gasteiger partial charge in [-0.25, -0.2) is 4.98 Å². The summed E-state index contributed by atoms with van der Waals surface area (Å²) < 4.78 is 0. The second-order valence-corrected chi connectivity index (χ2v) is 7.17. The molecule has 6 heteroatoms. The zero-order valence-corrected chi connectivity index (χ0v) is 14.9. The fourth-order valence-corrected chi connectivity index (χ4v) is 3.94. The van der Waals surface area contributed by atoms with E-state index in [0.29, 0.717) is 21.3 Å². The van der Waals surface area contributed by atoms with E-state index >= 15 is 0 Å². The second-order valence-electron chi connectivity index (χ2n) is 5.77. The summed E-state index contributed by atoms with van der Waals surface area (Å²) in [6.07, 6.45) is 0. The molecule has 124 valence electrons. The number of nitrogens with one attached hydrogen (secondary N) is 1. The Morgan fingerprint density at radius 1 is 1.20 bits per heavy atom. The number of amides is 1. The minimum atomic E-state index is -0.283. The number of carbonyl (C=O) groups excluding carboxylic acids is 1. The Bertz CT molecular complexity index is 1140. The molecular weight excluding hydrogens is 354 g/mol. The van der Waals surface area contributed by atoms with Crippen LogP contribution in [0, 0.1) is 6.92 Å². The van der Waals surface area contributed by atoms with Gasteiger partial charge < -0.3 is 11.1 Å². The molecule has 0 aliphatic heterocycles. The molecule has 25 heavy (non-hydrogen) atoms. The van der Waals surface area contributed by atoms with E-state index in [1.165, 1.54) is 11.3 Å². The molecule has 0 atom stereocenters. The van der Waals surface area contributed by atoms with Crippen LogP contribution >= 0.6 is 22.9 Å². The van der Waals surface area contributed by atoms with Crippen LogP contribution in [0.3, 0.4) is 0 Å². The number of halogens is 1. The van der Waals surface area contributed by atoms with Crippen molar-refractivity contribution in [1.29, 1.82) is 0 Å². The zero-order chi connectivity index (χ0) is 17.6. The number of carbonyl (C=O) groups is 1. The topological polar surface area (TPSA) is 68.0 Å². The van der Waals surface area contributed by atoms with Crippen LogP contribution in [0.2, 0.25) is 5.02 Å². The average molecular weight is 368 g/mol. The predicted molar refractivity (Wildman–Crippen MR) is 106 cm³/mol. The third-order valence-corrected chi connectivity index (χ3v) is 5.52. The molecule has 3 N–H and O–H groups in total. The molecule has 2 heterocycles. The predicted octanol–water partition coefficient (Wildman–Crippen LogP) is 5.25. The number of nitrogens with two attached hydrogens (primary N) is 1. The highest BCUT2D eigenvalue weighted by Crippen LogP contribution is 2.35. The minimum Gasteiger partial charge on any atom is -0.397 e. The molecule has 0 radical (unpaired) electrons. The number of aromatic nitrogens is 1. The third kappa shape index (κ3) is 2.71. The quantitative estimate of drug-likeness (QED) is 0.508. The minimum absolute atomic E-state index is 0.283. The lowest BCUT2D eigenvalue weighted by atomic mass is 10.1. The Kier molecular flexibility index (Phi) is 3.82. The van der Waals surface area contributed by atoms with Crippen molar-refractivity contribution in [3.63, 3.8) is 0 Å². The van der Waals surface area contributed by atoms with Crippen molar-refractivity contribution in [1.82, 2.24) is 4.98 Å². The van der Waals surface area contributed by atoms with Crippen molar-refractivity contribution in [3.05, 3.63) is 64.0 Å². The summed E-state index contributed by atoms with van der Waals surface area (Å²) in [4.78, 5) is 18.5. The van der Waals surface area contributed by atoms with Crippen molar-refractivity contribution >= 4 is 61.3 Å². The van der Waals surface area contributed by atoms with Gasteiger partial charge in [-0.05, 0) is 30.7 Å². The Morgan fingerprint density at radius 3 is 2.80 bits per heavy atom. The first-order valence-electron chi connectivity index (χ1n) is 7.69. The molecule has 0 aliphatic carbocycles. The van der Waals surface area contributed by atoms with Gasteiger partial charge in [0, 0.05) is 10.8 Å². The fraction of sp³-hybridized carbons (Fsp3) is 0.0526. The monoisotopic (exact) mass is 367 g/mol. The van der Waals surface area contributed by atoms with E-state index in [0.717, 1.165) is 26.7 Å². The Morgan fingerprint density at radius 2 is 2.00 bits per heavy atom. The van der Waals surface area contributed by atoms with Gasteiger partial charge in [-0.2, -0.15) is 0 Å². The molecule has 2 aromatic heterocycles. The van der Waals surface area contributed by atoms with E-state index in [1.54, 1.807) is 12.1 Å². The lowest BCUT2D eigenvalue weighted by Crippen LogP contribution is -2.12. The number of anilines is 2. The molecule has 0 aliphatic rings. The first kappa shape index (κ1) is 15.9. The average Bonchev–Trinajstić information content (AvgIpc) is 2.92. The molecule has 0 fully saturated rings. The van der Waals surface area contributed by atoms with Crippen LogP contribution < -0.4 is 11.1 Å². The van der Waals surface area contributed by atoms with E-state index in [2.05, 4.69) is 5.32 Å². The molecular formula is C19H14ClN3OS. The summed E-state index contributed by atoms with van der Waals surface area (Å²) in [5.74, 6) is -0.283. The number of aryl methyl sites for hydroxylation is 1. The maximum absolute atomic E-state index is 12.6. The first-order valence-corrected chi connectivity index (χ1v) is 8.88. The van der Waals surface area contributed by atoms with Gasteiger partial charge in [-0.1, -0.05) is 41.9 Å². The van der Waals surface area contributed by atoms with Crippen molar-refractivity contribution < 1.29 is 4.79 Å². The number of benzene rings is 2. The number of hydrogen-bond acceptors (Lipinski definition) is 4. The highest BCUT2D eigenvalue weighted by Gasteiger charge is 2.19. The van der Waals surface area contributed by atoms with E-state index < -0.39 is 0 Å². The third-order valence-electron chi connectivity index (χ3n) is 4.07. The summed E-state index contributed by atoms with van der Waals surface area (Å²) in [6, 6.07) is 15.1. The Hall–Kier alpha value is -2.63. The van der Waals surface area contributed by atoms with E-state index in [9.17, 15) is 4.79 Å². The number of nitrogens with zero attached hydrogens (tertiary/aromatic N) is 1. The van der Waals surface area contributed by atoms with Gasteiger partial charge in [-0.15, -0.1) is 11.3 Å². The number of nitrogen functional groups attached to an aromatic ring is 1. The van der Waals surface area contributed by atoms with Crippen LogP contribution in [-0.2, 0) is 0 Å². The fourth-order valence-electron chi connectivity index (χ4n) is 2.78. The Labute approximate surface area is 153 Å². The summed E-state index contributed by atoms with van der Waals surface area (Å²) in [6.45, 7) is 2.02. The van der Waals surface area contributed by atoms with Gasteiger partial charge in [0.25, 0.3) is 5.91 Å². The van der Waals surface area contributed by atoms with Crippen LogP contribution in [-0.4, -0.2) is 10.9 Å². The van der Waals surface area contributed by atoms with Gasteiger partial charge in [-0.3, -0.25) is 4.79 Å². The second kappa shape index (κ2) is 6.02. The SMILES string of the molecule is Cc1cccc2cc3c(N)c(C(=O)Nc4ccccc4Cl)sc3nc12. The number of hydrogen-bond donors (Lipinski definition) is 2. The molecule has 0 spiro atoms. The van der Waals surface area contributed by atoms with E-state index in [-0.39, 0.29) is 5.91 Å². The number of fused-ring (bicyclic) bond motifs is 2. The molecule has 4 nitrogen and oxygen atoms in total. The van der Waals surface area contributed by atoms with Crippen LogP contribution in [0.4, 0.5) is 11.4 Å². The lowest BCUT2D eigenvalue weighted by molar-refractivity contribution is 0.103. The molecule has 2 aromatic carbocycles.